The van der Waals surface area contributed by atoms with Gasteiger partial charge in [0.2, 0.25) is 5.89 Å². The van der Waals surface area contributed by atoms with Crippen molar-refractivity contribution in [3.63, 3.8) is 0 Å². The van der Waals surface area contributed by atoms with Gasteiger partial charge in [-0.2, -0.15) is 0 Å². The number of nitrogens with two attached hydrogens (primary N) is 1. The highest BCUT2D eigenvalue weighted by atomic mass is 16.4. The predicted molar refractivity (Wildman–Crippen MR) is 75.9 cm³/mol. The standard InChI is InChI=1S/C14H24N4O/c1-14(2,3)11-8-16-12(19-11)9-17-13(15)18-10-6-4-5-7-10/h8,10H,4-7,9H2,1-3H3,(H3,15,17,18). The lowest BCUT2D eigenvalue weighted by molar-refractivity contribution is 0.383. The van der Waals surface area contributed by atoms with Gasteiger partial charge in [0, 0.05) is 11.5 Å². The topological polar surface area (TPSA) is 76.4 Å². The molecule has 0 aliphatic heterocycles. The maximum Gasteiger partial charge on any atom is 0.216 e. The van der Waals surface area contributed by atoms with Crippen LogP contribution < -0.4 is 11.1 Å². The van der Waals surface area contributed by atoms with E-state index in [0.29, 0.717) is 24.4 Å². The van der Waals surface area contributed by atoms with Crippen molar-refractivity contribution in [1.29, 1.82) is 0 Å². The number of nitrogens with one attached hydrogen (secondary N) is 1. The SMILES string of the molecule is CC(C)(C)c1cnc(CN=C(N)NC2CCCC2)o1. The average Bonchev–Trinajstić information content (AvgIpc) is 2.95. The van der Waals surface area contributed by atoms with E-state index in [2.05, 4.69) is 36.1 Å². The van der Waals surface area contributed by atoms with Crippen molar-refractivity contribution in [3.05, 3.63) is 17.8 Å². The van der Waals surface area contributed by atoms with Crippen LogP contribution in [0.25, 0.3) is 0 Å². The summed E-state index contributed by atoms with van der Waals surface area (Å²) in [6.45, 7) is 6.67. The Labute approximate surface area is 114 Å². The Kier molecular flexibility index (Phi) is 4.12. The summed E-state index contributed by atoms with van der Waals surface area (Å²) in [4.78, 5) is 8.51. The van der Waals surface area contributed by atoms with Gasteiger partial charge >= 0.3 is 0 Å². The minimum absolute atomic E-state index is 0.0252. The Hall–Kier alpha value is -1.52. The molecule has 0 bridgehead atoms. The lowest BCUT2D eigenvalue weighted by atomic mass is 9.94. The number of aliphatic imine (C=N–C) groups is 1. The summed E-state index contributed by atoms with van der Waals surface area (Å²) in [6.07, 6.45) is 6.69. The minimum atomic E-state index is -0.0252. The van der Waals surface area contributed by atoms with Crippen LogP contribution in [-0.2, 0) is 12.0 Å². The number of hydrogen-bond donors (Lipinski definition) is 2. The second-order valence-electron chi connectivity index (χ2n) is 6.20. The molecule has 0 spiro atoms. The van der Waals surface area contributed by atoms with E-state index in [4.69, 9.17) is 10.2 Å². The fraction of sp³-hybridized carbons (Fsp3) is 0.714. The van der Waals surface area contributed by atoms with Gasteiger partial charge in [-0.15, -0.1) is 0 Å². The molecule has 0 amide bonds. The molecule has 1 fully saturated rings. The number of guanidine groups is 1. The van der Waals surface area contributed by atoms with Crippen LogP contribution in [0.3, 0.4) is 0 Å². The Bertz CT molecular complexity index is 439. The lowest BCUT2D eigenvalue weighted by Crippen LogP contribution is -2.38. The molecule has 0 unspecified atom stereocenters. The summed E-state index contributed by atoms with van der Waals surface area (Å²) < 4.78 is 5.67. The summed E-state index contributed by atoms with van der Waals surface area (Å²) in [5.74, 6) is 1.98. The quantitative estimate of drug-likeness (QED) is 0.649. The van der Waals surface area contributed by atoms with Gasteiger partial charge in [0.25, 0.3) is 0 Å². The molecule has 1 aromatic rings. The maximum absolute atomic E-state index is 5.86. The number of aromatic nitrogens is 1. The van der Waals surface area contributed by atoms with Crippen molar-refractivity contribution < 1.29 is 4.42 Å². The highest BCUT2D eigenvalue weighted by molar-refractivity contribution is 5.78. The van der Waals surface area contributed by atoms with Gasteiger partial charge in [0.05, 0.1) is 6.20 Å². The van der Waals surface area contributed by atoms with E-state index in [1.807, 2.05) is 0 Å². The van der Waals surface area contributed by atoms with Crippen molar-refractivity contribution in [2.75, 3.05) is 0 Å². The van der Waals surface area contributed by atoms with E-state index in [9.17, 15) is 0 Å². The minimum Gasteiger partial charge on any atom is -0.443 e. The molecule has 3 N–H and O–H groups in total. The molecule has 0 atom stereocenters. The molecule has 2 rings (SSSR count). The second-order valence-corrected chi connectivity index (χ2v) is 6.20. The van der Waals surface area contributed by atoms with E-state index >= 15 is 0 Å². The lowest BCUT2D eigenvalue weighted by Gasteiger charge is -2.13. The van der Waals surface area contributed by atoms with Gasteiger partial charge in [-0.05, 0) is 12.8 Å². The zero-order valence-electron chi connectivity index (χ0n) is 12.1. The monoisotopic (exact) mass is 264 g/mol. The molecule has 19 heavy (non-hydrogen) atoms. The third-order valence-electron chi connectivity index (χ3n) is 3.38. The van der Waals surface area contributed by atoms with E-state index in [1.54, 1.807) is 6.20 Å². The van der Waals surface area contributed by atoms with Gasteiger partial charge in [-0.3, -0.25) is 0 Å². The highest BCUT2D eigenvalue weighted by Crippen LogP contribution is 2.22. The van der Waals surface area contributed by atoms with Crippen molar-refractivity contribution >= 4 is 5.96 Å². The zero-order chi connectivity index (χ0) is 13.9. The fourth-order valence-corrected chi connectivity index (χ4v) is 2.21. The highest BCUT2D eigenvalue weighted by Gasteiger charge is 2.19. The Morgan fingerprint density at radius 2 is 2.16 bits per heavy atom. The number of nitrogens with zero attached hydrogens (tertiary/aromatic N) is 2. The Balaban J connectivity index is 1.88. The molecule has 106 valence electrons. The van der Waals surface area contributed by atoms with Crippen LogP contribution in [0.1, 0.15) is 58.1 Å². The van der Waals surface area contributed by atoms with E-state index in [0.717, 1.165) is 5.76 Å². The number of rotatable bonds is 3. The van der Waals surface area contributed by atoms with Crippen molar-refractivity contribution in [2.24, 2.45) is 10.7 Å². The van der Waals surface area contributed by atoms with Gasteiger partial charge in [-0.25, -0.2) is 9.98 Å². The third-order valence-corrected chi connectivity index (χ3v) is 3.38. The average molecular weight is 264 g/mol. The first kappa shape index (κ1) is 13.9. The Morgan fingerprint density at radius 1 is 1.47 bits per heavy atom. The van der Waals surface area contributed by atoms with Gasteiger partial charge in [0.15, 0.2) is 5.96 Å². The van der Waals surface area contributed by atoms with Crippen molar-refractivity contribution in [2.45, 2.75) is 64.5 Å². The van der Waals surface area contributed by atoms with Gasteiger partial charge in [-0.1, -0.05) is 33.6 Å². The van der Waals surface area contributed by atoms with Crippen LogP contribution in [0.2, 0.25) is 0 Å². The van der Waals surface area contributed by atoms with Crippen molar-refractivity contribution in [3.8, 4) is 0 Å². The summed E-state index contributed by atoms with van der Waals surface area (Å²) in [7, 11) is 0. The predicted octanol–water partition coefficient (Wildman–Crippen LogP) is 2.32. The molecule has 1 aliphatic carbocycles. The van der Waals surface area contributed by atoms with E-state index in [1.165, 1.54) is 25.7 Å². The molecule has 1 saturated carbocycles. The first-order valence-electron chi connectivity index (χ1n) is 6.97. The molecule has 1 aromatic heterocycles. The Morgan fingerprint density at radius 3 is 2.74 bits per heavy atom. The van der Waals surface area contributed by atoms with E-state index in [-0.39, 0.29) is 5.41 Å². The second kappa shape index (κ2) is 5.63. The first-order valence-corrected chi connectivity index (χ1v) is 6.97. The normalized spacial score (nSPS) is 17.9. The van der Waals surface area contributed by atoms with E-state index < -0.39 is 0 Å². The zero-order valence-corrected chi connectivity index (χ0v) is 12.1. The molecule has 5 heteroatoms. The largest absolute Gasteiger partial charge is 0.443 e. The summed E-state index contributed by atoms with van der Waals surface area (Å²) >= 11 is 0. The molecule has 0 saturated heterocycles. The van der Waals surface area contributed by atoms with Crippen LogP contribution in [0.4, 0.5) is 0 Å². The smallest absolute Gasteiger partial charge is 0.216 e. The molecular weight excluding hydrogens is 240 g/mol. The molecule has 1 heterocycles. The summed E-state index contributed by atoms with van der Waals surface area (Å²) in [5.41, 5.74) is 5.84. The summed E-state index contributed by atoms with van der Waals surface area (Å²) in [6, 6.07) is 0.485. The maximum atomic E-state index is 5.86. The molecular formula is C14H24N4O. The number of hydrogen-bond acceptors (Lipinski definition) is 3. The molecule has 0 aromatic carbocycles. The summed E-state index contributed by atoms with van der Waals surface area (Å²) in [5, 5.41) is 3.24. The van der Waals surface area contributed by atoms with Crippen LogP contribution in [0.5, 0.6) is 0 Å². The molecule has 5 nitrogen and oxygen atoms in total. The van der Waals surface area contributed by atoms with Crippen LogP contribution >= 0.6 is 0 Å². The number of oxazole rings is 1. The van der Waals surface area contributed by atoms with Gasteiger partial charge < -0.3 is 15.5 Å². The van der Waals surface area contributed by atoms with Crippen LogP contribution in [-0.4, -0.2) is 17.0 Å². The molecule has 1 aliphatic rings. The first-order chi connectivity index (χ1) is 8.95. The van der Waals surface area contributed by atoms with Gasteiger partial charge in [0.1, 0.15) is 12.3 Å². The van der Waals surface area contributed by atoms with Crippen LogP contribution in [0, 0.1) is 0 Å². The fourth-order valence-electron chi connectivity index (χ4n) is 2.21. The third kappa shape index (κ3) is 3.98. The van der Waals surface area contributed by atoms with Crippen molar-refractivity contribution in [1.82, 2.24) is 10.3 Å². The van der Waals surface area contributed by atoms with Crippen LogP contribution in [0.15, 0.2) is 15.6 Å². The molecule has 0 radical (unpaired) electrons.